The van der Waals surface area contributed by atoms with Gasteiger partial charge in [-0.15, -0.1) is 0 Å². The summed E-state index contributed by atoms with van der Waals surface area (Å²) in [7, 11) is 3.50. The van der Waals surface area contributed by atoms with Crippen LogP contribution in [0.15, 0.2) is 24.4 Å². The van der Waals surface area contributed by atoms with Gasteiger partial charge < -0.3 is 14.6 Å². The number of rotatable bonds is 2. The van der Waals surface area contributed by atoms with E-state index in [0.29, 0.717) is 12.2 Å². The number of fused-ring (bicyclic) bond motifs is 1. The second-order valence-electron chi connectivity index (χ2n) is 5.11. The Balaban J connectivity index is 1.96. The van der Waals surface area contributed by atoms with Crippen molar-refractivity contribution in [1.29, 1.82) is 0 Å². The number of benzene rings is 1. The molecule has 5 heteroatoms. The molecule has 0 saturated heterocycles. The number of methoxy groups -OCH3 is 1. The summed E-state index contributed by atoms with van der Waals surface area (Å²) >= 11 is 0. The summed E-state index contributed by atoms with van der Waals surface area (Å²) in [5.41, 5.74) is 2.75. The van der Waals surface area contributed by atoms with Crippen molar-refractivity contribution in [3.05, 3.63) is 41.2 Å². The Morgan fingerprint density at radius 2 is 2.20 bits per heavy atom. The first-order valence-electron chi connectivity index (χ1n) is 6.61. The lowest BCUT2D eigenvalue weighted by Gasteiger charge is -2.29. The van der Waals surface area contributed by atoms with E-state index in [9.17, 15) is 5.11 Å². The normalized spacial score (nSPS) is 21.2. The van der Waals surface area contributed by atoms with Crippen molar-refractivity contribution >= 4 is 0 Å². The van der Waals surface area contributed by atoms with Crippen LogP contribution in [0.2, 0.25) is 0 Å². The number of nitrogens with zero attached hydrogens (tertiary/aromatic N) is 2. The SMILES string of the molecule is COc1ccc2c(c1)OC(c1cn(C)nc1C)C[C@H]2O. The van der Waals surface area contributed by atoms with E-state index in [2.05, 4.69) is 5.10 Å². The number of aryl methyl sites for hydroxylation is 2. The third-order valence-electron chi connectivity index (χ3n) is 3.68. The molecule has 5 nitrogen and oxygen atoms in total. The number of hydrogen-bond acceptors (Lipinski definition) is 4. The summed E-state index contributed by atoms with van der Waals surface area (Å²) in [6.45, 7) is 1.95. The first-order valence-corrected chi connectivity index (χ1v) is 6.61. The Labute approximate surface area is 117 Å². The van der Waals surface area contributed by atoms with E-state index in [1.807, 2.05) is 38.4 Å². The zero-order chi connectivity index (χ0) is 14.3. The highest BCUT2D eigenvalue weighted by atomic mass is 16.5. The Bertz CT molecular complexity index is 636. The van der Waals surface area contributed by atoms with Crippen LogP contribution in [0.25, 0.3) is 0 Å². The number of hydrogen-bond donors (Lipinski definition) is 1. The molecule has 1 N–H and O–H groups in total. The predicted molar refractivity (Wildman–Crippen MR) is 73.9 cm³/mol. The number of ether oxygens (including phenoxy) is 2. The van der Waals surface area contributed by atoms with Gasteiger partial charge in [0.15, 0.2) is 0 Å². The van der Waals surface area contributed by atoms with E-state index in [1.54, 1.807) is 11.8 Å². The third kappa shape index (κ3) is 2.14. The van der Waals surface area contributed by atoms with Gasteiger partial charge in [0.05, 0.1) is 18.9 Å². The molecule has 1 aromatic carbocycles. The fourth-order valence-corrected chi connectivity index (χ4v) is 2.67. The summed E-state index contributed by atoms with van der Waals surface area (Å²) in [5, 5.41) is 14.6. The Kier molecular flexibility index (Phi) is 3.14. The van der Waals surface area contributed by atoms with Crippen molar-refractivity contribution in [2.24, 2.45) is 7.05 Å². The van der Waals surface area contributed by atoms with Crippen LogP contribution < -0.4 is 9.47 Å². The van der Waals surface area contributed by atoms with E-state index in [1.165, 1.54) is 0 Å². The standard InChI is InChI=1S/C15H18N2O3/c1-9-12(8-17(2)16-9)15-7-13(18)11-5-4-10(19-3)6-14(11)20-15/h4-6,8,13,15,18H,7H2,1-3H3/t13-,15?/m1/s1. The van der Waals surface area contributed by atoms with Crippen molar-refractivity contribution in [3.63, 3.8) is 0 Å². The van der Waals surface area contributed by atoms with Gasteiger partial charge in [0.25, 0.3) is 0 Å². The zero-order valence-corrected chi connectivity index (χ0v) is 11.8. The lowest BCUT2D eigenvalue weighted by Crippen LogP contribution is -2.19. The topological polar surface area (TPSA) is 56.5 Å². The highest BCUT2D eigenvalue weighted by Crippen LogP contribution is 2.42. The molecular weight excluding hydrogens is 256 g/mol. The van der Waals surface area contributed by atoms with Crippen LogP contribution in [0.4, 0.5) is 0 Å². The first-order chi connectivity index (χ1) is 9.58. The lowest BCUT2D eigenvalue weighted by molar-refractivity contribution is 0.0652. The van der Waals surface area contributed by atoms with E-state index in [4.69, 9.17) is 9.47 Å². The monoisotopic (exact) mass is 274 g/mol. The van der Waals surface area contributed by atoms with Crippen molar-refractivity contribution in [2.75, 3.05) is 7.11 Å². The molecule has 1 aliphatic rings. The maximum absolute atomic E-state index is 10.3. The molecule has 0 saturated carbocycles. The fraction of sp³-hybridized carbons (Fsp3) is 0.400. The number of aliphatic hydroxyl groups excluding tert-OH is 1. The minimum absolute atomic E-state index is 0.182. The average Bonchev–Trinajstić information content (AvgIpc) is 2.77. The van der Waals surface area contributed by atoms with Crippen molar-refractivity contribution < 1.29 is 14.6 Å². The quantitative estimate of drug-likeness (QED) is 0.913. The predicted octanol–water partition coefficient (Wildman–Crippen LogP) is 2.29. The minimum Gasteiger partial charge on any atom is -0.497 e. The maximum Gasteiger partial charge on any atom is 0.130 e. The molecule has 0 bridgehead atoms. The van der Waals surface area contributed by atoms with Crippen molar-refractivity contribution in [1.82, 2.24) is 9.78 Å². The molecule has 0 radical (unpaired) electrons. The molecule has 0 spiro atoms. The Hall–Kier alpha value is -2.01. The second-order valence-corrected chi connectivity index (χ2v) is 5.11. The molecule has 0 fully saturated rings. The van der Waals surface area contributed by atoms with Gasteiger partial charge in [-0.05, 0) is 19.1 Å². The lowest BCUT2D eigenvalue weighted by atomic mass is 9.95. The summed E-state index contributed by atoms with van der Waals surface area (Å²) in [6.07, 6.45) is 1.76. The van der Waals surface area contributed by atoms with Crippen LogP contribution in [-0.2, 0) is 7.05 Å². The molecule has 1 aromatic heterocycles. The third-order valence-corrected chi connectivity index (χ3v) is 3.68. The van der Waals surface area contributed by atoms with Gasteiger partial charge in [0.2, 0.25) is 0 Å². The van der Waals surface area contributed by atoms with Crippen LogP contribution in [0.3, 0.4) is 0 Å². The summed E-state index contributed by atoms with van der Waals surface area (Å²) in [4.78, 5) is 0. The minimum atomic E-state index is -0.533. The number of aliphatic hydroxyl groups is 1. The Morgan fingerprint density at radius 3 is 2.85 bits per heavy atom. The van der Waals surface area contributed by atoms with Crippen LogP contribution >= 0.6 is 0 Å². The molecule has 2 heterocycles. The molecule has 0 aliphatic carbocycles. The maximum atomic E-state index is 10.3. The molecule has 0 amide bonds. The van der Waals surface area contributed by atoms with E-state index in [0.717, 1.165) is 22.6 Å². The molecule has 3 rings (SSSR count). The first kappa shape index (κ1) is 13.0. The molecule has 2 atom stereocenters. The van der Waals surface area contributed by atoms with Gasteiger partial charge in [-0.2, -0.15) is 5.10 Å². The van der Waals surface area contributed by atoms with Gasteiger partial charge in [-0.3, -0.25) is 4.68 Å². The van der Waals surface area contributed by atoms with E-state index in [-0.39, 0.29) is 6.10 Å². The molecule has 106 valence electrons. The van der Waals surface area contributed by atoms with E-state index < -0.39 is 6.10 Å². The largest absolute Gasteiger partial charge is 0.497 e. The van der Waals surface area contributed by atoms with Gasteiger partial charge in [0, 0.05) is 36.9 Å². The zero-order valence-electron chi connectivity index (χ0n) is 11.8. The van der Waals surface area contributed by atoms with Gasteiger partial charge >= 0.3 is 0 Å². The van der Waals surface area contributed by atoms with Gasteiger partial charge in [-0.1, -0.05) is 0 Å². The molecule has 2 aromatic rings. The van der Waals surface area contributed by atoms with Gasteiger partial charge in [0.1, 0.15) is 17.6 Å². The molecule has 1 unspecified atom stereocenters. The second kappa shape index (κ2) is 4.83. The Morgan fingerprint density at radius 1 is 1.40 bits per heavy atom. The number of aromatic nitrogens is 2. The molecular formula is C15H18N2O3. The van der Waals surface area contributed by atoms with E-state index >= 15 is 0 Å². The van der Waals surface area contributed by atoms with Crippen molar-refractivity contribution in [3.8, 4) is 11.5 Å². The van der Waals surface area contributed by atoms with Crippen LogP contribution in [0, 0.1) is 6.92 Å². The summed E-state index contributed by atoms with van der Waals surface area (Å²) < 4.78 is 13.0. The summed E-state index contributed by atoms with van der Waals surface area (Å²) in [5.74, 6) is 1.40. The van der Waals surface area contributed by atoms with Crippen LogP contribution in [0.5, 0.6) is 11.5 Å². The van der Waals surface area contributed by atoms with Gasteiger partial charge in [-0.25, -0.2) is 0 Å². The smallest absolute Gasteiger partial charge is 0.130 e. The average molecular weight is 274 g/mol. The summed E-state index contributed by atoms with van der Waals surface area (Å²) in [6, 6.07) is 5.50. The van der Waals surface area contributed by atoms with Crippen LogP contribution in [-0.4, -0.2) is 22.0 Å². The van der Waals surface area contributed by atoms with Crippen LogP contribution in [0.1, 0.15) is 35.4 Å². The highest BCUT2D eigenvalue weighted by molar-refractivity contribution is 5.44. The van der Waals surface area contributed by atoms with Crippen molar-refractivity contribution in [2.45, 2.75) is 25.6 Å². The molecule has 1 aliphatic heterocycles. The highest BCUT2D eigenvalue weighted by Gasteiger charge is 2.30. The molecule has 20 heavy (non-hydrogen) atoms. The fourth-order valence-electron chi connectivity index (χ4n) is 2.67.